The summed E-state index contributed by atoms with van der Waals surface area (Å²) in [6, 6.07) is 0.575. The van der Waals surface area contributed by atoms with Gasteiger partial charge < -0.3 is 5.32 Å². The zero-order valence-corrected chi connectivity index (χ0v) is 27.4. The number of rotatable bonds is 5. The zero-order valence-electron chi connectivity index (χ0n) is 22.8. The van der Waals surface area contributed by atoms with E-state index in [-0.39, 0.29) is 13.1 Å². The van der Waals surface area contributed by atoms with Crippen molar-refractivity contribution in [2.45, 2.75) is 140 Å². The van der Waals surface area contributed by atoms with E-state index in [9.17, 15) is 0 Å². The van der Waals surface area contributed by atoms with Gasteiger partial charge in [-0.15, -0.1) is 0 Å². The number of hydrogen-bond acceptors (Lipinski definition) is 1. The SMILES string of the molecule is CC1CCCC(C)C1N=P(C1CCCCC1)(C1CCCCC1)C1C=CC=C([Si](C)(C)C)[N-]1.[Cl][Fe+][Cl]. The summed E-state index contributed by atoms with van der Waals surface area (Å²) in [7, 11) is 6.47. The van der Waals surface area contributed by atoms with E-state index in [1.165, 1.54) is 88.8 Å². The summed E-state index contributed by atoms with van der Waals surface area (Å²) in [6.07, 6.45) is 25.7. The first kappa shape index (κ1) is 30.4. The van der Waals surface area contributed by atoms with Crippen LogP contribution in [0.15, 0.2) is 28.3 Å². The average molecular weight is 601 g/mol. The van der Waals surface area contributed by atoms with Crippen molar-refractivity contribution in [3.63, 3.8) is 0 Å². The summed E-state index contributed by atoms with van der Waals surface area (Å²) < 4.78 is 6.27. The molecule has 0 bridgehead atoms. The fraction of sp³-hybridized carbons (Fsp3) is 0.857. The van der Waals surface area contributed by atoms with Crippen LogP contribution in [0.5, 0.6) is 0 Å². The Bertz CT molecular complexity index is 737. The van der Waals surface area contributed by atoms with Crippen molar-refractivity contribution in [1.82, 2.24) is 0 Å². The Kier molecular flexibility index (Phi) is 12.4. The molecular formula is C28H50Cl2FeN2PSi. The van der Waals surface area contributed by atoms with E-state index in [2.05, 4.69) is 51.7 Å². The molecule has 35 heavy (non-hydrogen) atoms. The van der Waals surface area contributed by atoms with Gasteiger partial charge in [-0.2, -0.15) is 5.32 Å². The Morgan fingerprint density at radius 1 is 0.829 bits per heavy atom. The molecule has 1 heterocycles. The molecule has 0 aromatic rings. The van der Waals surface area contributed by atoms with Gasteiger partial charge in [0.2, 0.25) is 0 Å². The van der Waals surface area contributed by atoms with Crippen LogP contribution >= 0.6 is 27.3 Å². The number of hydrogen-bond donors (Lipinski definition) is 0. The fourth-order valence-corrected chi connectivity index (χ4v) is 14.4. The van der Waals surface area contributed by atoms with Crippen LogP contribution in [0.1, 0.15) is 97.3 Å². The van der Waals surface area contributed by atoms with E-state index in [0.29, 0.717) is 11.8 Å². The molecule has 0 aromatic heterocycles. The van der Waals surface area contributed by atoms with Crippen molar-refractivity contribution < 1.29 is 13.1 Å². The predicted octanol–water partition coefficient (Wildman–Crippen LogP) is 11.1. The molecule has 0 spiro atoms. The van der Waals surface area contributed by atoms with Crippen LogP contribution in [0.25, 0.3) is 5.32 Å². The topological polar surface area (TPSA) is 26.5 Å². The van der Waals surface area contributed by atoms with Crippen molar-refractivity contribution in [3.8, 4) is 0 Å². The summed E-state index contributed by atoms with van der Waals surface area (Å²) in [5, 5.41) is 7.13. The molecule has 0 aromatic carbocycles. The van der Waals surface area contributed by atoms with Gasteiger partial charge in [-0.3, -0.25) is 4.74 Å². The van der Waals surface area contributed by atoms with E-state index in [1.54, 1.807) is 0 Å². The van der Waals surface area contributed by atoms with E-state index in [0.717, 1.165) is 23.2 Å². The minimum absolute atomic E-state index is 0.194. The molecule has 3 saturated carbocycles. The van der Waals surface area contributed by atoms with Crippen LogP contribution in [0.3, 0.4) is 0 Å². The van der Waals surface area contributed by atoms with Crippen molar-refractivity contribution in [2.75, 3.05) is 0 Å². The van der Waals surface area contributed by atoms with Gasteiger partial charge in [-0.05, 0) is 68.7 Å². The third-order valence-corrected chi connectivity index (χ3v) is 16.1. The molecule has 0 amide bonds. The van der Waals surface area contributed by atoms with Gasteiger partial charge >= 0.3 is 33.3 Å². The average Bonchev–Trinajstić information content (AvgIpc) is 2.85. The van der Waals surface area contributed by atoms with Crippen LogP contribution in [-0.4, -0.2) is 31.2 Å². The quantitative estimate of drug-likeness (QED) is 0.222. The summed E-state index contributed by atoms with van der Waals surface area (Å²) in [6.45, 7) is 12.5. The third-order valence-electron chi connectivity index (χ3n) is 9.14. The monoisotopic (exact) mass is 599 g/mol. The van der Waals surface area contributed by atoms with Gasteiger partial charge in [0.05, 0.1) is 14.1 Å². The Morgan fingerprint density at radius 2 is 1.31 bits per heavy atom. The summed E-state index contributed by atoms with van der Waals surface area (Å²) in [5.41, 5.74) is 1.67. The van der Waals surface area contributed by atoms with Gasteiger partial charge in [-0.1, -0.05) is 102 Å². The Morgan fingerprint density at radius 3 is 1.77 bits per heavy atom. The number of halogens is 2. The molecule has 0 radical (unpaired) electrons. The molecule has 4 rings (SSSR count). The molecule has 2 nitrogen and oxygen atoms in total. The van der Waals surface area contributed by atoms with Gasteiger partial charge in [0.25, 0.3) is 0 Å². The van der Waals surface area contributed by atoms with Crippen LogP contribution in [0.4, 0.5) is 0 Å². The van der Waals surface area contributed by atoms with Gasteiger partial charge in [0.1, 0.15) is 0 Å². The standard InChI is InChI=1S/C28H50N2PSi.2ClH.Fe/c1-22-14-12-15-23(2)28(22)30-31(24-16-8-6-9-17-24,25-18-10-7-11-19-25)26-20-13-21-27(29-26)32(3,4)5;;;/h13,20-26,28H,6-12,14-19H2,1-5H3;2*1H;/q-1;;;+3/p-2. The zero-order chi connectivity index (χ0) is 25.5. The second-order valence-electron chi connectivity index (χ2n) is 12.6. The Balaban J connectivity index is 0.00000108. The second kappa shape index (κ2) is 14.3. The molecule has 3 atom stereocenters. The van der Waals surface area contributed by atoms with Gasteiger partial charge in [0, 0.05) is 0 Å². The molecular weight excluding hydrogens is 550 g/mol. The van der Waals surface area contributed by atoms with E-state index < -0.39 is 15.1 Å². The van der Waals surface area contributed by atoms with Crippen LogP contribution in [0.2, 0.25) is 19.6 Å². The van der Waals surface area contributed by atoms with E-state index >= 15 is 0 Å². The van der Waals surface area contributed by atoms with E-state index in [1.807, 2.05) is 0 Å². The normalized spacial score (nSPS) is 31.1. The molecule has 3 aliphatic carbocycles. The fourth-order valence-electron chi connectivity index (χ4n) is 7.25. The van der Waals surface area contributed by atoms with Gasteiger partial charge in [0.15, 0.2) is 0 Å². The molecule has 1 aliphatic heterocycles. The van der Waals surface area contributed by atoms with Crippen molar-refractivity contribution in [3.05, 3.63) is 28.9 Å². The summed E-state index contributed by atoms with van der Waals surface area (Å²) in [4.78, 5) is 0. The van der Waals surface area contributed by atoms with Crippen molar-refractivity contribution >= 4 is 35.3 Å². The number of nitrogens with zero attached hydrogens (tertiary/aromatic N) is 2. The molecule has 7 heteroatoms. The molecule has 3 unspecified atom stereocenters. The summed E-state index contributed by atoms with van der Waals surface area (Å²) >= 11 is 0.194. The molecule has 4 aliphatic rings. The van der Waals surface area contributed by atoms with Gasteiger partial charge in [-0.25, -0.2) is 0 Å². The van der Waals surface area contributed by atoms with Crippen molar-refractivity contribution in [2.24, 2.45) is 16.6 Å². The minimum atomic E-state index is -1.62. The Labute approximate surface area is 232 Å². The second-order valence-corrected chi connectivity index (χ2v) is 23.3. The third kappa shape index (κ3) is 7.70. The Hall–Kier alpha value is 0.826. The first-order chi connectivity index (χ1) is 16.7. The van der Waals surface area contributed by atoms with Crippen LogP contribution in [-0.2, 0) is 13.1 Å². The van der Waals surface area contributed by atoms with Crippen LogP contribution < -0.4 is 0 Å². The van der Waals surface area contributed by atoms with E-state index in [4.69, 9.17) is 30.3 Å². The first-order valence-corrected chi connectivity index (χ1v) is 22.8. The van der Waals surface area contributed by atoms with Crippen molar-refractivity contribution in [1.29, 1.82) is 0 Å². The maximum atomic E-state index is 6.27. The maximum absolute atomic E-state index is 6.27. The first-order valence-electron chi connectivity index (χ1n) is 14.3. The summed E-state index contributed by atoms with van der Waals surface area (Å²) in [5.74, 6) is 1.89. The molecule has 0 saturated heterocycles. The molecule has 3 fully saturated rings. The molecule has 203 valence electrons. The molecule has 0 N–H and O–H groups in total. The predicted molar refractivity (Wildman–Crippen MR) is 158 cm³/mol. The number of allylic oxidation sites excluding steroid dienone is 2. The van der Waals surface area contributed by atoms with Crippen LogP contribution in [0, 0.1) is 11.8 Å².